The predicted molar refractivity (Wildman–Crippen MR) is 118 cm³/mol. The van der Waals surface area contributed by atoms with Gasteiger partial charge in [0.25, 0.3) is 5.91 Å². The summed E-state index contributed by atoms with van der Waals surface area (Å²) in [7, 11) is 1.30. The molecule has 2 fully saturated rings. The summed E-state index contributed by atoms with van der Waals surface area (Å²) in [5.74, 6) is 0.122. The van der Waals surface area contributed by atoms with Gasteiger partial charge in [-0.25, -0.2) is 4.98 Å². The van der Waals surface area contributed by atoms with E-state index in [1.807, 2.05) is 0 Å². The molecule has 2 saturated heterocycles. The molecule has 2 aliphatic rings. The monoisotopic (exact) mass is 472 g/mol. The summed E-state index contributed by atoms with van der Waals surface area (Å²) in [5, 5.41) is 2.95. The molecule has 10 heteroatoms. The number of amides is 1. The van der Waals surface area contributed by atoms with E-state index in [-0.39, 0.29) is 11.2 Å². The largest absolute Gasteiger partial charge is 0.433 e. The summed E-state index contributed by atoms with van der Waals surface area (Å²) in [4.78, 5) is 21.5. The molecule has 1 N–H and O–H groups in total. The van der Waals surface area contributed by atoms with Crippen LogP contribution in [-0.4, -0.2) is 85.8 Å². The van der Waals surface area contributed by atoms with Crippen molar-refractivity contribution < 1.29 is 27.4 Å². The van der Waals surface area contributed by atoms with Gasteiger partial charge in [0.15, 0.2) is 6.10 Å². The zero-order chi connectivity index (χ0) is 24.1. The van der Waals surface area contributed by atoms with Gasteiger partial charge in [0.05, 0.1) is 5.69 Å². The minimum atomic E-state index is -4.59. The van der Waals surface area contributed by atoms with Crippen LogP contribution < -0.4 is 5.32 Å². The first-order valence-electron chi connectivity index (χ1n) is 11.5. The molecule has 1 amide bonds. The average molecular weight is 473 g/mol. The maximum Gasteiger partial charge on any atom is 0.433 e. The lowest BCUT2D eigenvalue weighted by Crippen LogP contribution is -2.63. The second kappa shape index (κ2) is 11.1. The fraction of sp³-hybridized carbons (Fsp3) is 0.739. The van der Waals surface area contributed by atoms with Crippen molar-refractivity contribution in [3.63, 3.8) is 0 Å². The molecule has 7 nitrogen and oxygen atoms in total. The number of halogens is 3. The van der Waals surface area contributed by atoms with E-state index in [0.717, 1.165) is 51.6 Å². The molecule has 0 radical (unpaired) electrons. The van der Waals surface area contributed by atoms with Gasteiger partial charge in [-0.3, -0.25) is 9.69 Å². The Morgan fingerprint density at radius 3 is 2.45 bits per heavy atom. The zero-order valence-corrected chi connectivity index (χ0v) is 19.7. The highest BCUT2D eigenvalue weighted by molar-refractivity contribution is 5.81. The van der Waals surface area contributed by atoms with Crippen LogP contribution in [0.2, 0.25) is 0 Å². The molecule has 1 unspecified atom stereocenters. The van der Waals surface area contributed by atoms with Crippen molar-refractivity contribution in [1.82, 2.24) is 20.1 Å². The number of carbonyl (C=O) groups excluding carboxylic acids is 1. The van der Waals surface area contributed by atoms with Crippen molar-refractivity contribution >= 4 is 5.91 Å². The van der Waals surface area contributed by atoms with Crippen LogP contribution >= 0.6 is 0 Å². The predicted octanol–water partition coefficient (Wildman–Crippen LogP) is 2.73. The van der Waals surface area contributed by atoms with Gasteiger partial charge in [-0.2, -0.15) is 13.2 Å². The molecule has 33 heavy (non-hydrogen) atoms. The summed E-state index contributed by atoms with van der Waals surface area (Å²) in [6.45, 7) is 10.9. The molecule has 0 spiro atoms. The van der Waals surface area contributed by atoms with Crippen molar-refractivity contribution in [2.45, 2.75) is 44.5 Å². The first kappa shape index (κ1) is 25.9. The third-order valence-corrected chi connectivity index (χ3v) is 6.49. The molecule has 0 aliphatic carbocycles. The molecular formula is C23H35F3N4O3. The Hall–Kier alpha value is -1.75. The molecule has 0 bridgehead atoms. The number of alkyl halides is 3. The van der Waals surface area contributed by atoms with Crippen LogP contribution in [0, 0.1) is 5.92 Å². The molecule has 3 heterocycles. The van der Waals surface area contributed by atoms with Gasteiger partial charge < -0.3 is 19.7 Å². The second-order valence-corrected chi connectivity index (χ2v) is 9.30. The summed E-state index contributed by atoms with van der Waals surface area (Å²) >= 11 is 0. The highest BCUT2D eigenvalue weighted by atomic mass is 19.4. The lowest BCUT2D eigenvalue weighted by molar-refractivity contribution is -0.142. The number of piperazine rings is 1. The van der Waals surface area contributed by atoms with E-state index in [9.17, 15) is 18.0 Å². The van der Waals surface area contributed by atoms with E-state index in [1.165, 1.54) is 19.2 Å². The standard InChI is InChI=1S/C23H35F3N4O3/c1-17(2)15-29-9-11-30(12-10-29)22(7-13-33-14-8-22)16-27-21(31)20(32-3)18-5-4-6-19(28-18)23(24,25)26/h4-6,17,20H,7-16H2,1-3H3,(H,27,31). The highest BCUT2D eigenvalue weighted by Gasteiger charge is 2.41. The third-order valence-electron chi connectivity index (χ3n) is 6.49. The van der Waals surface area contributed by atoms with Crippen molar-refractivity contribution in [2.24, 2.45) is 5.92 Å². The van der Waals surface area contributed by atoms with Crippen molar-refractivity contribution in [3.8, 4) is 0 Å². The molecule has 3 rings (SSSR count). The fourth-order valence-corrected chi connectivity index (χ4v) is 4.74. The molecule has 1 atom stereocenters. The molecule has 1 aromatic rings. The number of rotatable bonds is 8. The minimum Gasteiger partial charge on any atom is -0.381 e. The van der Waals surface area contributed by atoms with Crippen LogP contribution in [0.4, 0.5) is 13.2 Å². The number of hydrogen-bond donors (Lipinski definition) is 1. The molecule has 1 aromatic heterocycles. The first-order valence-corrected chi connectivity index (χ1v) is 11.5. The van der Waals surface area contributed by atoms with Crippen molar-refractivity contribution in [2.75, 3.05) is 59.6 Å². The summed E-state index contributed by atoms with van der Waals surface area (Å²) < 4.78 is 50.0. The molecule has 2 aliphatic heterocycles. The van der Waals surface area contributed by atoms with Crippen LogP contribution in [0.3, 0.4) is 0 Å². The van der Waals surface area contributed by atoms with Gasteiger partial charge in [0, 0.05) is 65.1 Å². The normalized spacial score (nSPS) is 21.2. The maximum atomic E-state index is 13.1. The Balaban J connectivity index is 1.67. The van der Waals surface area contributed by atoms with E-state index in [0.29, 0.717) is 25.7 Å². The number of nitrogens with zero attached hydrogens (tertiary/aromatic N) is 3. The Morgan fingerprint density at radius 2 is 1.88 bits per heavy atom. The number of ether oxygens (including phenoxy) is 2. The smallest absolute Gasteiger partial charge is 0.381 e. The van der Waals surface area contributed by atoms with Gasteiger partial charge in [-0.05, 0) is 30.9 Å². The van der Waals surface area contributed by atoms with Crippen LogP contribution in [0.5, 0.6) is 0 Å². The topological polar surface area (TPSA) is 66.9 Å². The Kier molecular flexibility index (Phi) is 8.71. The van der Waals surface area contributed by atoms with Gasteiger partial charge >= 0.3 is 6.18 Å². The average Bonchev–Trinajstić information content (AvgIpc) is 2.78. The maximum absolute atomic E-state index is 13.1. The van der Waals surface area contributed by atoms with Crippen LogP contribution in [0.1, 0.15) is 44.2 Å². The number of aromatic nitrogens is 1. The number of carbonyl (C=O) groups is 1. The van der Waals surface area contributed by atoms with E-state index < -0.39 is 23.9 Å². The van der Waals surface area contributed by atoms with Crippen LogP contribution in [-0.2, 0) is 20.4 Å². The highest BCUT2D eigenvalue weighted by Crippen LogP contribution is 2.30. The van der Waals surface area contributed by atoms with E-state index >= 15 is 0 Å². The van der Waals surface area contributed by atoms with E-state index in [2.05, 4.69) is 33.9 Å². The summed E-state index contributed by atoms with van der Waals surface area (Å²) in [5.41, 5.74) is -1.35. The van der Waals surface area contributed by atoms with Crippen molar-refractivity contribution in [1.29, 1.82) is 0 Å². The minimum absolute atomic E-state index is 0.0619. The van der Waals surface area contributed by atoms with E-state index in [1.54, 1.807) is 0 Å². The SMILES string of the molecule is COC(C(=O)NCC1(N2CCN(CC(C)C)CC2)CCOCC1)c1cccc(C(F)(F)F)n1. The first-order chi connectivity index (χ1) is 15.6. The Labute approximate surface area is 193 Å². The van der Waals surface area contributed by atoms with Gasteiger partial charge in [-0.15, -0.1) is 0 Å². The quantitative estimate of drug-likeness (QED) is 0.628. The van der Waals surface area contributed by atoms with Gasteiger partial charge in [-0.1, -0.05) is 19.9 Å². The van der Waals surface area contributed by atoms with E-state index in [4.69, 9.17) is 9.47 Å². The van der Waals surface area contributed by atoms with Gasteiger partial charge in [0.1, 0.15) is 5.69 Å². The Bertz CT molecular complexity index is 776. The Morgan fingerprint density at radius 1 is 1.21 bits per heavy atom. The van der Waals surface area contributed by atoms with Gasteiger partial charge in [0.2, 0.25) is 0 Å². The number of pyridine rings is 1. The summed E-state index contributed by atoms with van der Waals surface area (Å²) in [6, 6.07) is 3.49. The number of methoxy groups -OCH3 is 1. The third kappa shape index (κ3) is 6.65. The number of nitrogens with one attached hydrogen (secondary N) is 1. The molecule has 0 aromatic carbocycles. The fourth-order valence-electron chi connectivity index (χ4n) is 4.74. The molecular weight excluding hydrogens is 437 g/mol. The lowest BCUT2D eigenvalue weighted by Gasteiger charge is -2.50. The number of hydrogen-bond acceptors (Lipinski definition) is 6. The zero-order valence-electron chi connectivity index (χ0n) is 19.7. The molecule has 186 valence electrons. The van der Waals surface area contributed by atoms with Crippen LogP contribution in [0.25, 0.3) is 0 Å². The molecule has 0 saturated carbocycles. The summed E-state index contributed by atoms with van der Waals surface area (Å²) in [6.07, 6.45) is -4.23. The van der Waals surface area contributed by atoms with Crippen LogP contribution in [0.15, 0.2) is 18.2 Å². The second-order valence-electron chi connectivity index (χ2n) is 9.30. The lowest BCUT2D eigenvalue weighted by atomic mass is 9.87. The van der Waals surface area contributed by atoms with Crippen molar-refractivity contribution in [3.05, 3.63) is 29.6 Å².